The summed E-state index contributed by atoms with van der Waals surface area (Å²) in [5, 5.41) is 3.27. The van der Waals surface area contributed by atoms with E-state index in [1.165, 1.54) is 27.8 Å². The summed E-state index contributed by atoms with van der Waals surface area (Å²) in [4.78, 5) is 15.4. The molecule has 3 fully saturated rings. The van der Waals surface area contributed by atoms with E-state index < -0.39 is 0 Å². The molecule has 0 spiro atoms. The zero-order valence-corrected chi connectivity index (χ0v) is 19.7. The lowest BCUT2D eigenvalue weighted by Gasteiger charge is -2.44. The average molecular weight is 433 g/mol. The van der Waals surface area contributed by atoms with Crippen LogP contribution in [-0.2, 0) is 17.6 Å². The van der Waals surface area contributed by atoms with Gasteiger partial charge in [0.1, 0.15) is 6.10 Å². The molecule has 0 saturated carbocycles. The van der Waals surface area contributed by atoms with Crippen molar-refractivity contribution in [1.29, 1.82) is 0 Å². The van der Waals surface area contributed by atoms with Crippen LogP contribution in [0.25, 0.3) is 11.1 Å². The maximum atomic E-state index is 13.0. The Bertz CT molecular complexity index is 973. The van der Waals surface area contributed by atoms with E-state index in [-0.39, 0.29) is 23.7 Å². The molecule has 3 aliphatic heterocycles. The zero-order chi connectivity index (χ0) is 22.3. The van der Waals surface area contributed by atoms with Gasteiger partial charge in [0.25, 0.3) is 0 Å². The standard InChI is InChI=1S/C28H36N2O2/c1-4-19-5-7-20(8-6-19)22-9-10-24-23(17-22)11-14-28(2,3)26(24)29-27(31)32-25-18-30-15-12-21(25)13-16-30/h5-10,17,21,25-26H,4,11-16,18H2,1-3H3,(H,29,31)/t25-,26-/m0/s1. The number of benzene rings is 2. The highest BCUT2D eigenvalue weighted by molar-refractivity contribution is 5.70. The first-order valence-electron chi connectivity index (χ1n) is 12.3. The summed E-state index contributed by atoms with van der Waals surface area (Å²) in [5.74, 6) is 0.527. The summed E-state index contributed by atoms with van der Waals surface area (Å²) in [6.45, 7) is 9.89. The van der Waals surface area contributed by atoms with E-state index in [2.05, 4.69) is 73.5 Å². The van der Waals surface area contributed by atoms with E-state index in [9.17, 15) is 4.79 Å². The largest absolute Gasteiger partial charge is 0.445 e. The molecule has 3 saturated heterocycles. The lowest BCUT2D eigenvalue weighted by atomic mass is 9.70. The fraction of sp³-hybridized carbons (Fsp3) is 0.536. The van der Waals surface area contributed by atoms with E-state index in [0.717, 1.165) is 51.7 Å². The molecule has 1 amide bonds. The van der Waals surface area contributed by atoms with Gasteiger partial charge in [-0.2, -0.15) is 0 Å². The van der Waals surface area contributed by atoms with Gasteiger partial charge in [0.15, 0.2) is 0 Å². The molecule has 4 heteroatoms. The molecule has 2 bridgehead atoms. The number of nitrogens with zero attached hydrogens (tertiary/aromatic N) is 1. The van der Waals surface area contributed by atoms with Crippen LogP contribution in [0.1, 0.15) is 62.8 Å². The number of fused-ring (bicyclic) bond motifs is 4. The number of alkyl carbamates (subject to hydrolysis) is 1. The number of amides is 1. The fourth-order valence-electron chi connectivity index (χ4n) is 5.85. The van der Waals surface area contributed by atoms with Crippen molar-refractivity contribution in [3.05, 3.63) is 59.2 Å². The molecule has 2 aromatic rings. The lowest BCUT2D eigenvalue weighted by molar-refractivity contribution is -0.0353. The molecule has 4 aliphatic rings. The number of hydrogen-bond donors (Lipinski definition) is 1. The molecule has 6 rings (SSSR count). The number of nitrogens with one attached hydrogen (secondary N) is 1. The predicted molar refractivity (Wildman–Crippen MR) is 129 cm³/mol. The third kappa shape index (κ3) is 4.17. The molecule has 0 unspecified atom stereocenters. The number of carbonyl (C=O) groups is 1. The minimum atomic E-state index is -0.256. The summed E-state index contributed by atoms with van der Waals surface area (Å²) in [6.07, 6.45) is 5.23. The van der Waals surface area contributed by atoms with E-state index in [1.54, 1.807) is 0 Å². The van der Waals surface area contributed by atoms with Gasteiger partial charge in [0.2, 0.25) is 0 Å². The second-order valence-corrected chi connectivity index (χ2v) is 10.6. The molecule has 0 radical (unpaired) electrons. The molecule has 1 N–H and O–H groups in total. The maximum Gasteiger partial charge on any atom is 0.407 e. The monoisotopic (exact) mass is 432 g/mol. The first kappa shape index (κ1) is 21.5. The second kappa shape index (κ2) is 8.55. The van der Waals surface area contributed by atoms with Crippen LogP contribution in [0.5, 0.6) is 0 Å². The van der Waals surface area contributed by atoms with Gasteiger partial charge in [0, 0.05) is 6.54 Å². The summed E-state index contributed by atoms with van der Waals surface area (Å²) in [7, 11) is 0. The molecule has 4 nitrogen and oxygen atoms in total. The van der Waals surface area contributed by atoms with Crippen molar-refractivity contribution in [2.75, 3.05) is 19.6 Å². The van der Waals surface area contributed by atoms with Gasteiger partial charge in [-0.3, -0.25) is 4.90 Å². The molecule has 32 heavy (non-hydrogen) atoms. The maximum absolute atomic E-state index is 13.0. The van der Waals surface area contributed by atoms with Gasteiger partial charge in [-0.05, 0) is 84.3 Å². The number of carbonyl (C=O) groups excluding carboxylic acids is 1. The van der Waals surface area contributed by atoms with Crippen molar-refractivity contribution >= 4 is 6.09 Å². The smallest absolute Gasteiger partial charge is 0.407 e. The van der Waals surface area contributed by atoms with Crippen molar-refractivity contribution in [2.45, 2.75) is 65.0 Å². The Labute approximate surface area is 192 Å². The minimum Gasteiger partial charge on any atom is -0.445 e. The van der Waals surface area contributed by atoms with Crippen LogP contribution in [0.3, 0.4) is 0 Å². The van der Waals surface area contributed by atoms with Crippen molar-refractivity contribution in [3.8, 4) is 11.1 Å². The van der Waals surface area contributed by atoms with Crippen LogP contribution in [0.4, 0.5) is 4.79 Å². The highest BCUT2D eigenvalue weighted by Crippen LogP contribution is 2.44. The summed E-state index contributed by atoms with van der Waals surface area (Å²) >= 11 is 0. The van der Waals surface area contributed by atoms with E-state index in [1.807, 2.05) is 0 Å². The Hall–Kier alpha value is -2.33. The molecule has 0 aromatic heterocycles. The molecule has 1 aliphatic carbocycles. The van der Waals surface area contributed by atoms with Gasteiger partial charge < -0.3 is 10.1 Å². The third-order valence-corrected chi connectivity index (χ3v) is 8.09. The molecular weight excluding hydrogens is 396 g/mol. The van der Waals surface area contributed by atoms with Crippen LogP contribution in [0.15, 0.2) is 42.5 Å². The molecule has 3 heterocycles. The SMILES string of the molecule is CCc1ccc(-c2ccc3c(c2)CCC(C)(C)[C@H]3NC(=O)O[C@H]2CN3CCC2CC3)cc1. The minimum absolute atomic E-state index is 0.00855. The quantitative estimate of drug-likeness (QED) is 0.669. The van der Waals surface area contributed by atoms with Crippen LogP contribution >= 0.6 is 0 Å². The van der Waals surface area contributed by atoms with Gasteiger partial charge in [-0.15, -0.1) is 0 Å². The number of hydrogen-bond acceptors (Lipinski definition) is 3. The van der Waals surface area contributed by atoms with E-state index >= 15 is 0 Å². The first-order valence-corrected chi connectivity index (χ1v) is 12.3. The summed E-state index contributed by atoms with van der Waals surface area (Å²) in [6, 6.07) is 15.6. The van der Waals surface area contributed by atoms with Crippen molar-refractivity contribution in [1.82, 2.24) is 10.2 Å². The fourth-order valence-corrected chi connectivity index (χ4v) is 5.85. The van der Waals surface area contributed by atoms with Gasteiger partial charge >= 0.3 is 6.09 Å². The van der Waals surface area contributed by atoms with Crippen LogP contribution in [0.2, 0.25) is 0 Å². The molecular formula is C28H36N2O2. The van der Waals surface area contributed by atoms with Gasteiger partial charge in [-0.25, -0.2) is 4.79 Å². The van der Waals surface area contributed by atoms with Crippen molar-refractivity contribution in [2.24, 2.45) is 11.3 Å². The Balaban J connectivity index is 1.34. The number of rotatable bonds is 4. The van der Waals surface area contributed by atoms with Crippen molar-refractivity contribution in [3.63, 3.8) is 0 Å². The van der Waals surface area contributed by atoms with Crippen LogP contribution in [-0.4, -0.2) is 36.7 Å². The Kier molecular flexibility index (Phi) is 5.75. The molecule has 2 aromatic carbocycles. The first-order chi connectivity index (χ1) is 15.4. The number of ether oxygens (including phenoxy) is 1. The van der Waals surface area contributed by atoms with Crippen LogP contribution < -0.4 is 5.32 Å². The number of aryl methyl sites for hydroxylation is 2. The Morgan fingerprint density at radius 2 is 1.81 bits per heavy atom. The van der Waals surface area contributed by atoms with Crippen molar-refractivity contribution < 1.29 is 9.53 Å². The predicted octanol–water partition coefficient (Wildman–Crippen LogP) is 5.75. The lowest BCUT2D eigenvalue weighted by Crippen LogP contribution is -2.53. The third-order valence-electron chi connectivity index (χ3n) is 8.09. The van der Waals surface area contributed by atoms with Gasteiger partial charge in [0.05, 0.1) is 6.04 Å². The average Bonchev–Trinajstić information content (AvgIpc) is 2.81. The Morgan fingerprint density at radius 3 is 2.47 bits per heavy atom. The molecule has 170 valence electrons. The van der Waals surface area contributed by atoms with Crippen LogP contribution in [0, 0.1) is 11.3 Å². The Morgan fingerprint density at radius 1 is 1.09 bits per heavy atom. The normalized spacial score (nSPS) is 28.1. The highest BCUT2D eigenvalue weighted by atomic mass is 16.6. The second-order valence-electron chi connectivity index (χ2n) is 10.6. The topological polar surface area (TPSA) is 41.6 Å². The van der Waals surface area contributed by atoms with Gasteiger partial charge in [-0.1, -0.05) is 63.2 Å². The zero-order valence-electron chi connectivity index (χ0n) is 19.7. The highest BCUT2D eigenvalue weighted by Gasteiger charge is 2.40. The molecule has 2 atom stereocenters. The summed E-state index contributed by atoms with van der Waals surface area (Å²) < 4.78 is 5.96. The van der Waals surface area contributed by atoms with E-state index in [4.69, 9.17) is 4.74 Å². The number of piperidine rings is 3. The summed E-state index contributed by atoms with van der Waals surface area (Å²) in [5.41, 5.74) is 6.43. The van der Waals surface area contributed by atoms with E-state index in [0.29, 0.717) is 5.92 Å².